The second-order valence-corrected chi connectivity index (χ2v) is 7.21. The molecule has 33 heavy (non-hydrogen) atoms. The van der Waals surface area contributed by atoms with Crippen LogP contribution in [0.2, 0.25) is 0 Å². The van der Waals surface area contributed by atoms with Gasteiger partial charge in [0.2, 0.25) is 5.82 Å². The smallest absolute Gasteiger partial charge is 0.354 e. The third-order valence-electron chi connectivity index (χ3n) is 5.01. The number of nitrogens with one attached hydrogen (secondary N) is 3. The molecule has 168 valence electrons. The largest absolute Gasteiger partial charge is 0.416 e. The molecule has 0 bridgehead atoms. The van der Waals surface area contributed by atoms with Crippen LogP contribution in [0.1, 0.15) is 32.2 Å². The number of fused-ring (bicyclic) bond motifs is 1. The number of halogens is 3. The zero-order valence-corrected chi connectivity index (χ0v) is 17.3. The molecule has 0 saturated carbocycles. The molecule has 4 rings (SSSR count). The van der Waals surface area contributed by atoms with Gasteiger partial charge in [-0.25, -0.2) is 9.97 Å². The zero-order valence-electron chi connectivity index (χ0n) is 17.3. The fraction of sp³-hybridized carbons (Fsp3) is 0.130. The van der Waals surface area contributed by atoms with Crippen molar-refractivity contribution in [2.75, 3.05) is 7.05 Å². The van der Waals surface area contributed by atoms with E-state index in [4.69, 9.17) is 0 Å². The molecule has 0 unspecified atom stereocenters. The van der Waals surface area contributed by atoms with Gasteiger partial charge in [-0.1, -0.05) is 24.3 Å². The highest BCUT2D eigenvalue weighted by Gasteiger charge is 2.30. The number of benzene rings is 2. The van der Waals surface area contributed by atoms with E-state index in [-0.39, 0.29) is 18.3 Å². The van der Waals surface area contributed by atoms with Gasteiger partial charge < -0.3 is 15.6 Å². The lowest BCUT2D eigenvalue weighted by Gasteiger charge is -2.09. The van der Waals surface area contributed by atoms with Crippen molar-refractivity contribution < 1.29 is 22.8 Å². The summed E-state index contributed by atoms with van der Waals surface area (Å²) in [5.41, 5.74) is 2.10. The van der Waals surface area contributed by atoms with Crippen molar-refractivity contribution in [2.45, 2.75) is 12.7 Å². The molecule has 0 aliphatic heterocycles. The fourth-order valence-corrected chi connectivity index (χ4v) is 3.37. The minimum Gasteiger partial charge on any atom is -0.354 e. The number of hydrogen-bond acceptors (Lipinski definition) is 4. The summed E-state index contributed by atoms with van der Waals surface area (Å²) in [6.07, 6.45) is -1.50. The van der Waals surface area contributed by atoms with Gasteiger partial charge in [0.05, 0.1) is 5.56 Å². The maximum Gasteiger partial charge on any atom is 0.416 e. The number of hydrogen-bond donors (Lipinski definition) is 3. The number of aromatic nitrogens is 3. The Kier molecular flexibility index (Phi) is 5.82. The van der Waals surface area contributed by atoms with Crippen molar-refractivity contribution in [3.8, 4) is 11.1 Å². The minimum atomic E-state index is -4.46. The van der Waals surface area contributed by atoms with E-state index in [1.54, 1.807) is 13.1 Å². The maximum atomic E-state index is 12.8. The average molecular weight is 453 g/mol. The van der Waals surface area contributed by atoms with Crippen molar-refractivity contribution in [3.05, 3.63) is 83.6 Å². The van der Waals surface area contributed by atoms with Crippen LogP contribution in [0.4, 0.5) is 13.2 Å². The van der Waals surface area contributed by atoms with Crippen LogP contribution in [-0.2, 0) is 12.7 Å². The molecule has 2 aromatic carbocycles. The average Bonchev–Trinajstić information content (AvgIpc) is 3.26. The van der Waals surface area contributed by atoms with E-state index in [1.165, 1.54) is 24.5 Å². The molecule has 2 amide bonds. The standard InChI is InChI=1S/C23H18F3N5O2/c1-27-21(32)19-9-17-16(6-3-7-18(17)31-19)14-11-28-20(29-12-14)22(33)30-10-13-4-2-5-15(8-13)23(24,25)26/h2-9,11-12,31H,10H2,1H3,(H,27,32)(H,30,33). The van der Waals surface area contributed by atoms with Gasteiger partial charge in [0, 0.05) is 42.5 Å². The van der Waals surface area contributed by atoms with Crippen molar-refractivity contribution in [1.29, 1.82) is 0 Å². The predicted molar refractivity (Wildman–Crippen MR) is 115 cm³/mol. The topological polar surface area (TPSA) is 99.8 Å². The monoisotopic (exact) mass is 453 g/mol. The first-order valence-corrected chi connectivity index (χ1v) is 9.87. The molecule has 0 aliphatic carbocycles. The van der Waals surface area contributed by atoms with Gasteiger partial charge in [0.1, 0.15) is 5.69 Å². The Bertz CT molecular complexity index is 1330. The van der Waals surface area contributed by atoms with Gasteiger partial charge in [-0.2, -0.15) is 13.2 Å². The van der Waals surface area contributed by atoms with E-state index in [0.717, 1.165) is 28.6 Å². The van der Waals surface area contributed by atoms with Crippen LogP contribution < -0.4 is 10.6 Å². The second-order valence-electron chi connectivity index (χ2n) is 7.21. The van der Waals surface area contributed by atoms with Crippen LogP contribution in [0.25, 0.3) is 22.0 Å². The van der Waals surface area contributed by atoms with Crippen LogP contribution in [0.5, 0.6) is 0 Å². The van der Waals surface area contributed by atoms with E-state index < -0.39 is 17.6 Å². The molecule has 10 heteroatoms. The number of carbonyl (C=O) groups is 2. The van der Waals surface area contributed by atoms with E-state index in [0.29, 0.717) is 16.8 Å². The minimum absolute atomic E-state index is 0.0984. The van der Waals surface area contributed by atoms with Crippen LogP contribution in [0.3, 0.4) is 0 Å². The zero-order chi connectivity index (χ0) is 23.6. The molecule has 4 aromatic rings. The molecule has 0 spiro atoms. The summed E-state index contributed by atoms with van der Waals surface area (Å²) >= 11 is 0. The summed E-state index contributed by atoms with van der Waals surface area (Å²) in [4.78, 5) is 35.5. The molecule has 0 atom stereocenters. The first kappa shape index (κ1) is 22.0. The van der Waals surface area contributed by atoms with Crippen LogP contribution in [-0.4, -0.2) is 33.8 Å². The molecule has 0 saturated heterocycles. The molecular weight excluding hydrogens is 435 g/mol. The normalized spacial score (nSPS) is 11.4. The molecule has 2 heterocycles. The fourth-order valence-electron chi connectivity index (χ4n) is 3.37. The summed E-state index contributed by atoms with van der Waals surface area (Å²) in [5, 5.41) is 5.88. The molecule has 7 nitrogen and oxygen atoms in total. The van der Waals surface area contributed by atoms with Crippen molar-refractivity contribution in [2.24, 2.45) is 0 Å². The number of aromatic amines is 1. The summed E-state index contributed by atoms with van der Waals surface area (Å²) in [6, 6.07) is 11.9. The van der Waals surface area contributed by atoms with E-state index in [9.17, 15) is 22.8 Å². The lowest BCUT2D eigenvalue weighted by atomic mass is 10.0. The van der Waals surface area contributed by atoms with Crippen molar-refractivity contribution in [3.63, 3.8) is 0 Å². The summed E-state index contributed by atoms with van der Waals surface area (Å²) < 4.78 is 38.5. The molecule has 2 aromatic heterocycles. The Balaban J connectivity index is 1.50. The lowest BCUT2D eigenvalue weighted by Crippen LogP contribution is -2.25. The Labute approximate surface area is 186 Å². The first-order valence-electron chi connectivity index (χ1n) is 9.87. The molecular formula is C23H18F3N5O2. The van der Waals surface area contributed by atoms with Crippen molar-refractivity contribution >= 4 is 22.7 Å². The number of nitrogens with zero attached hydrogens (tertiary/aromatic N) is 2. The van der Waals surface area contributed by atoms with Gasteiger partial charge >= 0.3 is 6.18 Å². The number of amides is 2. The third-order valence-corrected chi connectivity index (χ3v) is 5.01. The van der Waals surface area contributed by atoms with Crippen molar-refractivity contribution in [1.82, 2.24) is 25.6 Å². The highest BCUT2D eigenvalue weighted by molar-refractivity contribution is 6.02. The molecule has 0 radical (unpaired) electrons. The van der Waals surface area contributed by atoms with Crippen LogP contribution >= 0.6 is 0 Å². The number of rotatable bonds is 5. The molecule has 0 fully saturated rings. The summed E-state index contributed by atoms with van der Waals surface area (Å²) in [5.74, 6) is -0.972. The van der Waals surface area contributed by atoms with Gasteiger partial charge in [-0.3, -0.25) is 9.59 Å². The summed E-state index contributed by atoms with van der Waals surface area (Å²) in [7, 11) is 1.54. The van der Waals surface area contributed by atoms with Gasteiger partial charge in [0.25, 0.3) is 11.8 Å². The first-order chi connectivity index (χ1) is 15.8. The molecule has 3 N–H and O–H groups in total. The van der Waals surface area contributed by atoms with E-state index in [1.807, 2.05) is 18.2 Å². The van der Waals surface area contributed by atoms with Crippen LogP contribution in [0.15, 0.2) is 60.9 Å². The molecule has 0 aliphatic rings. The highest BCUT2D eigenvalue weighted by Crippen LogP contribution is 2.30. The Morgan fingerprint density at radius 1 is 1.00 bits per heavy atom. The van der Waals surface area contributed by atoms with E-state index in [2.05, 4.69) is 25.6 Å². The second kappa shape index (κ2) is 8.73. The third kappa shape index (κ3) is 4.69. The Hall–Kier alpha value is -4.21. The Morgan fingerprint density at radius 3 is 2.42 bits per heavy atom. The van der Waals surface area contributed by atoms with E-state index >= 15 is 0 Å². The van der Waals surface area contributed by atoms with Gasteiger partial charge in [-0.05, 0) is 35.4 Å². The number of H-pyrrole nitrogens is 1. The van der Waals surface area contributed by atoms with Gasteiger partial charge in [0.15, 0.2) is 0 Å². The SMILES string of the molecule is CNC(=O)c1cc2c(-c3cnc(C(=O)NCc4cccc(C(F)(F)F)c4)nc3)cccc2[nH]1. The number of alkyl halides is 3. The number of carbonyl (C=O) groups excluding carboxylic acids is 2. The van der Waals surface area contributed by atoms with Gasteiger partial charge in [-0.15, -0.1) is 0 Å². The quantitative estimate of drug-likeness (QED) is 0.426. The van der Waals surface area contributed by atoms with Crippen LogP contribution in [0, 0.1) is 0 Å². The lowest BCUT2D eigenvalue weighted by molar-refractivity contribution is -0.137. The highest BCUT2D eigenvalue weighted by atomic mass is 19.4. The maximum absolute atomic E-state index is 12.8. The Morgan fingerprint density at radius 2 is 1.73 bits per heavy atom. The predicted octanol–water partition coefficient (Wildman–Crippen LogP) is 3.93. The summed E-state index contributed by atoms with van der Waals surface area (Å²) in [6.45, 7) is -0.0984.